The van der Waals surface area contributed by atoms with E-state index in [0.29, 0.717) is 0 Å². The second-order valence-electron chi connectivity index (χ2n) is 13.8. The Hall–Kier alpha value is -7.16. The molecular weight excluding hydrogens is 653 g/mol. The number of rotatable bonds is 7. The van der Waals surface area contributed by atoms with Crippen molar-refractivity contribution >= 4 is 49.6 Å². The quantitative estimate of drug-likeness (QED) is 0.162. The number of para-hydroxylation sites is 1. The zero-order valence-electron chi connectivity index (χ0n) is 29.7. The molecule has 0 unspecified atom stereocenters. The van der Waals surface area contributed by atoms with E-state index < -0.39 is 0 Å². The summed E-state index contributed by atoms with van der Waals surface area (Å²) in [6.07, 6.45) is 0. The lowest BCUT2D eigenvalue weighted by atomic mass is 9.95. The van der Waals surface area contributed by atoms with Crippen LogP contribution >= 0.6 is 0 Å². The summed E-state index contributed by atoms with van der Waals surface area (Å²) in [6, 6.07) is 78.8. The summed E-state index contributed by atoms with van der Waals surface area (Å²) < 4.78 is 2.46. The van der Waals surface area contributed by atoms with Gasteiger partial charge in [-0.25, -0.2) is 0 Å². The maximum atomic E-state index is 2.46. The van der Waals surface area contributed by atoms with Crippen molar-refractivity contribution in [2.24, 2.45) is 0 Å². The highest BCUT2D eigenvalue weighted by molar-refractivity contribution is 6.21. The van der Waals surface area contributed by atoms with Gasteiger partial charge >= 0.3 is 0 Å². The number of benzene rings is 9. The molecule has 0 radical (unpaired) electrons. The van der Waals surface area contributed by atoms with E-state index in [2.05, 4.69) is 228 Å². The molecule has 0 saturated heterocycles. The molecule has 0 atom stereocenters. The molecule has 10 aromatic rings. The molecule has 2 nitrogen and oxygen atoms in total. The fraction of sp³-hybridized carbons (Fsp3) is 0. The Morgan fingerprint density at radius 2 is 0.741 bits per heavy atom. The first kappa shape index (κ1) is 31.6. The zero-order chi connectivity index (χ0) is 35.8. The Balaban J connectivity index is 1.13. The molecule has 0 aliphatic heterocycles. The maximum absolute atomic E-state index is 2.46. The molecule has 0 aliphatic carbocycles. The van der Waals surface area contributed by atoms with Crippen LogP contribution in [0.4, 0.5) is 17.1 Å². The van der Waals surface area contributed by atoms with E-state index in [4.69, 9.17) is 0 Å². The van der Waals surface area contributed by atoms with Gasteiger partial charge in [0.05, 0.1) is 11.0 Å². The van der Waals surface area contributed by atoms with Gasteiger partial charge in [0, 0.05) is 39.1 Å². The van der Waals surface area contributed by atoms with Gasteiger partial charge in [0.1, 0.15) is 0 Å². The lowest BCUT2D eigenvalue weighted by Gasteiger charge is -2.26. The first-order valence-electron chi connectivity index (χ1n) is 18.5. The van der Waals surface area contributed by atoms with E-state index in [-0.39, 0.29) is 0 Å². The average molecular weight is 689 g/mol. The molecule has 0 spiro atoms. The van der Waals surface area contributed by atoms with E-state index in [9.17, 15) is 0 Å². The summed E-state index contributed by atoms with van der Waals surface area (Å²) in [4.78, 5) is 2.35. The molecule has 0 N–H and O–H groups in total. The van der Waals surface area contributed by atoms with Crippen molar-refractivity contribution in [2.75, 3.05) is 4.90 Å². The van der Waals surface area contributed by atoms with E-state index >= 15 is 0 Å². The van der Waals surface area contributed by atoms with Crippen molar-refractivity contribution < 1.29 is 0 Å². The topological polar surface area (TPSA) is 8.17 Å². The maximum Gasteiger partial charge on any atom is 0.0625 e. The number of aromatic nitrogens is 1. The predicted molar refractivity (Wildman–Crippen MR) is 229 cm³/mol. The second-order valence-corrected chi connectivity index (χ2v) is 13.8. The molecule has 54 heavy (non-hydrogen) atoms. The minimum Gasteiger partial charge on any atom is -0.311 e. The third-order valence-electron chi connectivity index (χ3n) is 10.6. The van der Waals surface area contributed by atoms with Gasteiger partial charge in [0.25, 0.3) is 0 Å². The standard InChI is InChI=1S/C52H36N2/c1-4-14-37(15-5-1)39-24-28-43(29-25-39)53(44-30-26-40(27-31-44)38-16-6-2-7-17-38)45-32-34-46(35-33-45)54-50-23-13-12-22-48(50)49-36-42-20-10-11-21-47(42)51(52(49)54)41-18-8-3-9-19-41/h1-36H. The molecule has 0 fully saturated rings. The van der Waals surface area contributed by atoms with Crippen LogP contribution in [0.5, 0.6) is 0 Å². The van der Waals surface area contributed by atoms with Gasteiger partial charge in [0.2, 0.25) is 0 Å². The van der Waals surface area contributed by atoms with Crippen LogP contribution in [-0.4, -0.2) is 4.57 Å². The number of fused-ring (bicyclic) bond motifs is 4. The Labute approximate surface area is 315 Å². The number of nitrogens with zero attached hydrogens (tertiary/aromatic N) is 2. The fourth-order valence-corrected chi connectivity index (χ4v) is 8.02. The van der Waals surface area contributed by atoms with Crippen molar-refractivity contribution in [3.63, 3.8) is 0 Å². The minimum atomic E-state index is 1.09. The van der Waals surface area contributed by atoms with Crippen molar-refractivity contribution in [2.45, 2.75) is 0 Å². The predicted octanol–water partition coefficient (Wildman–Crippen LogP) is 14.4. The van der Waals surface area contributed by atoms with Crippen LogP contribution in [0.3, 0.4) is 0 Å². The van der Waals surface area contributed by atoms with Gasteiger partial charge in [-0.1, -0.05) is 158 Å². The molecule has 10 rings (SSSR count). The Bertz CT molecular complexity index is 2790. The summed E-state index contributed by atoms with van der Waals surface area (Å²) in [7, 11) is 0. The summed E-state index contributed by atoms with van der Waals surface area (Å²) in [5.41, 5.74) is 14.1. The van der Waals surface area contributed by atoms with Gasteiger partial charge < -0.3 is 9.47 Å². The van der Waals surface area contributed by atoms with Gasteiger partial charge in [-0.05, 0) is 99.3 Å². The highest BCUT2D eigenvalue weighted by atomic mass is 15.1. The van der Waals surface area contributed by atoms with E-state index in [1.165, 1.54) is 66.0 Å². The van der Waals surface area contributed by atoms with E-state index in [1.807, 2.05) is 0 Å². The van der Waals surface area contributed by atoms with Crippen LogP contribution in [0, 0.1) is 0 Å². The Morgan fingerprint density at radius 3 is 1.30 bits per heavy atom. The van der Waals surface area contributed by atoms with Crippen molar-refractivity contribution in [3.05, 3.63) is 218 Å². The minimum absolute atomic E-state index is 1.09. The van der Waals surface area contributed by atoms with Crippen molar-refractivity contribution in [3.8, 4) is 39.1 Å². The molecule has 254 valence electrons. The first-order valence-corrected chi connectivity index (χ1v) is 18.5. The van der Waals surface area contributed by atoms with Crippen LogP contribution < -0.4 is 4.90 Å². The van der Waals surface area contributed by atoms with Crippen LogP contribution in [0.2, 0.25) is 0 Å². The Kier molecular flexibility index (Phi) is 7.85. The largest absolute Gasteiger partial charge is 0.311 e. The van der Waals surface area contributed by atoms with E-state index in [1.54, 1.807) is 0 Å². The van der Waals surface area contributed by atoms with Gasteiger partial charge in [-0.2, -0.15) is 0 Å². The summed E-state index contributed by atoms with van der Waals surface area (Å²) in [5.74, 6) is 0. The summed E-state index contributed by atoms with van der Waals surface area (Å²) >= 11 is 0. The second kappa shape index (κ2) is 13.4. The highest BCUT2D eigenvalue weighted by Gasteiger charge is 2.20. The average Bonchev–Trinajstić information content (AvgIpc) is 3.58. The van der Waals surface area contributed by atoms with Crippen molar-refractivity contribution in [1.82, 2.24) is 4.57 Å². The molecule has 1 heterocycles. The van der Waals surface area contributed by atoms with Crippen molar-refractivity contribution in [1.29, 1.82) is 0 Å². The smallest absolute Gasteiger partial charge is 0.0625 e. The van der Waals surface area contributed by atoms with Crippen LogP contribution in [0.15, 0.2) is 218 Å². The molecule has 0 aliphatic rings. The van der Waals surface area contributed by atoms with Crippen LogP contribution in [0.1, 0.15) is 0 Å². The lowest BCUT2D eigenvalue weighted by molar-refractivity contribution is 1.18. The van der Waals surface area contributed by atoms with Gasteiger partial charge in [-0.3, -0.25) is 0 Å². The monoisotopic (exact) mass is 688 g/mol. The number of hydrogen-bond donors (Lipinski definition) is 0. The lowest BCUT2D eigenvalue weighted by Crippen LogP contribution is -2.10. The van der Waals surface area contributed by atoms with E-state index in [0.717, 1.165) is 22.7 Å². The molecule has 9 aromatic carbocycles. The first-order chi connectivity index (χ1) is 26.8. The highest BCUT2D eigenvalue weighted by Crippen LogP contribution is 2.43. The third kappa shape index (κ3) is 5.53. The number of hydrogen-bond acceptors (Lipinski definition) is 1. The molecule has 2 heteroatoms. The molecule has 0 bridgehead atoms. The van der Waals surface area contributed by atoms with Gasteiger partial charge in [-0.15, -0.1) is 0 Å². The SMILES string of the molecule is c1ccc(-c2ccc(N(c3ccc(-c4ccccc4)cc3)c3ccc(-n4c5ccccc5c5cc6ccccc6c(-c6ccccc6)c54)cc3)cc2)cc1. The van der Waals surface area contributed by atoms with Crippen LogP contribution in [0.25, 0.3) is 71.6 Å². The summed E-state index contributed by atoms with van der Waals surface area (Å²) in [5, 5.41) is 5.00. The summed E-state index contributed by atoms with van der Waals surface area (Å²) in [6.45, 7) is 0. The molecule has 0 saturated carbocycles. The number of anilines is 3. The third-order valence-corrected chi connectivity index (χ3v) is 10.6. The zero-order valence-corrected chi connectivity index (χ0v) is 29.7. The fourth-order valence-electron chi connectivity index (χ4n) is 8.02. The molecule has 1 aromatic heterocycles. The molecule has 0 amide bonds. The normalized spacial score (nSPS) is 11.3. The van der Waals surface area contributed by atoms with Crippen LogP contribution in [-0.2, 0) is 0 Å². The van der Waals surface area contributed by atoms with Gasteiger partial charge in [0.15, 0.2) is 0 Å². The molecular formula is C52H36N2. The Morgan fingerprint density at radius 1 is 0.315 bits per heavy atom.